The molecule has 2 N–H and O–H groups in total. The number of alkyl carbamates (subject to hydrolysis) is 1. The van der Waals surface area contributed by atoms with E-state index in [9.17, 15) is 31.1 Å². The van der Waals surface area contributed by atoms with Gasteiger partial charge in [0.2, 0.25) is 0 Å². The van der Waals surface area contributed by atoms with E-state index in [1.54, 1.807) is 0 Å². The Hall–Kier alpha value is -2.79. The summed E-state index contributed by atoms with van der Waals surface area (Å²) < 4.78 is 91.0. The van der Waals surface area contributed by atoms with Crippen molar-refractivity contribution in [1.29, 1.82) is 0 Å². The lowest BCUT2D eigenvalue weighted by Gasteiger charge is -2.46. The summed E-state index contributed by atoms with van der Waals surface area (Å²) in [6, 6.07) is 10.5. The number of alkyl halides is 6. The van der Waals surface area contributed by atoms with Crippen LogP contribution in [-0.4, -0.2) is 31.4 Å². The van der Waals surface area contributed by atoms with Crippen molar-refractivity contribution < 1.29 is 40.6 Å². The molecule has 2 aliphatic heterocycles. The summed E-state index contributed by atoms with van der Waals surface area (Å²) in [5, 5.41) is 6.37. The summed E-state index contributed by atoms with van der Waals surface area (Å²) in [6.45, 7) is 1.64. The van der Waals surface area contributed by atoms with Gasteiger partial charge in [0.1, 0.15) is 0 Å². The van der Waals surface area contributed by atoms with Gasteiger partial charge in [0.05, 0.1) is 36.0 Å². The van der Waals surface area contributed by atoms with Gasteiger partial charge in [-0.05, 0) is 55.5 Å². The number of amides is 1. The van der Waals surface area contributed by atoms with Crippen LogP contribution in [-0.2, 0) is 27.4 Å². The number of hydrogen-bond acceptors (Lipinski definition) is 4. The number of benzene rings is 2. The number of cyclic esters (lactones) is 1. The number of hydrogen-bond donors (Lipinski definition) is 2. The highest BCUT2D eigenvalue weighted by atomic mass is 19.4. The molecule has 4 atom stereocenters. The first-order valence-corrected chi connectivity index (χ1v) is 11.5. The SMILES string of the molecule is C[C@@H](OCC1(c2ccccc2)CCC2NC(=O)OCCC2N1)c1cc(C(F)(F)F)cc(C(F)(F)F)c1. The van der Waals surface area contributed by atoms with Gasteiger partial charge >= 0.3 is 18.4 Å². The fraction of sp³-hybridized carbons (Fsp3) is 0.480. The van der Waals surface area contributed by atoms with Gasteiger partial charge < -0.3 is 20.1 Å². The Balaban J connectivity index is 1.60. The van der Waals surface area contributed by atoms with Crippen molar-refractivity contribution in [2.45, 2.75) is 62.3 Å². The monoisotopic (exact) mass is 516 g/mol. The summed E-state index contributed by atoms with van der Waals surface area (Å²) in [7, 11) is 0. The van der Waals surface area contributed by atoms with E-state index in [-0.39, 0.29) is 36.9 Å². The topological polar surface area (TPSA) is 59.6 Å². The van der Waals surface area contributed by atoms with Gasteiger partial charge in [-0.15, -0.1) is 0 Å². The van der Waals surface area contributed by atoms with Gasteiger partial charge in [-0.1, -0.05) is 30.3 Å². The summed E-state index contributed by atoms with van der Waals surface area (Å²) in [5.74, 6) is 0. The minimum absolute atomic E-state index is 0.00615. The van der Waals surface area contributed by atoms with E-state index in [1.807, 2.05) is 30.3 Å². The molecule has 2 saturated heterocycles. The van der Waals surface area contributed by atoms with Crippen molar-refractivity contribution >= 4 is 6.09 Å². The van der Waals surface area contributed by atoms with Crippen LogP contribution in [0.25, 0.3) is 0 Å². The van der Waals surface area contributed by atoms with Gasteiger partial charge in [0, 0.05) is 12.1 Å². The third-order valence-electron chi connectivity index (χ3n) is 6.78. The first kappa shape index (κ1) is 26.3. The van der Waals surface area contributed by atoms with Crippen LogP contribution in [0.1, 0.15) is 54.5 Å². The van der Waals surface area contributed by atoms with Crippen LogP contribution in [0.4, 0.5) is 31.1 Å². The number of rotatable bonds is 5. The Morgan fingerprint density at radius 2 is 1.64 bits per heavy atom. The van der Waals surface area contributed by atoms with Crippen LogP contribution >= 0.6 is 0 Å². The van der Waals surface area contributed by atoms with E-state index < -0.39 is 41.2 Å². The van der Waals surface area contributed by atoms with Gasteiger partial charge in [-0.2, -0.15) is 26.3 Å². The average Bonchev–Trinajstić information content (AvgIpc) is 3.01. The van der Waals surface area contributed by atoms with Gasteiger partial charge in [-0.3, -0.25) is 0 Å². The van der Waals surface area contributed by atoms with Crippen LogP contribution in [0, 0.1) is 0 Å². The van der Waals surface area contributed by atoms with Crippen LogP contribution in [0.15, 0.2) is 48.5 Å². The molecule has 0 spiro atoms. The molecule has 4 rings (SSSR count). The van der Waals surface area contributed by atoms with Gasteiger partial charge in [-0.25, -0.2) is 4.79 Å². The molecule has 2 aromatic rings. The molecule has 11 heteroatoms. The Morgan fingerprint density at radius 1 is 1.00 bits per heavy atom. The van der Waals surface area contributed by atoms with Crippen LogP contribution in [0.2, 0.25) is 0 Å². The van der Waals surface area contributed by atoms with Crippen molar-refractivity contribution in [2.24, 2.45) is 0 Å². The highest BCUT2D eigenvalue weighted by Gasteiger charge is 2.44. The van der Waals surface area contributed by atoms with Gasteiger partial charge in [0.15, 0.2) is 0 Å². The molecule has 2 aromatic carbocycles. The molecule has 0 saturated carbocycles. The van der Waals surface area contributed by atoms with Gasteiger partial charge in [0.25, 0.3) is 0 Å². The van der Waals surface area contributed by atoms with E-state index in [0.29, 0.717) is 31.4 Å². The fourth-order valence-electron chi connectivity index (χ4n) is 4.81. The molecular formula is C25H26F6N2O3. The molecule has 1 amide bonds. The number of carbonyl (C=O) groups excluding carboxylic acids is 1. The lowest BCUT2D eigenvalue weighted by molar-refractivity contribution is -0.143. The Morgan fingerprint density at radius 3 is 2.25 bits per heavy atom. The zero-order chi connectivity index (χ0) is 26.1. The van der Waals surface area contributed by atoms with Crippen molar-refractivity contribution in [2.75, 3.05) is 13.2 Å². The molecule has 0 aliphatic carbocycles. The zero-order valence-corrected chi connectivity index (χ0v) is 19.4. The maximum absolute atomic E-state index is 13.3. The minimum atomic E-state index is -4.94. The van der Waals surface area contributed by atoms with E-state index in [4.69, 9.17) is 9.47 Å². The van der Waals surface area contributed by atoms with Crippen molar-refractivity contribution in [1.82, 2.24) is 10.6 Å². The summed E-state index contributed by atoms with van der Waals surface area (Å²) in [6.07, 6.45) is -9.78. The van der Waals surface area contributed by atoms with Crippen LogP contribution < -0.4 is 10.6 Å². The summed E-state index contributed by atoms with van der Waals surface area (Å²) in [4.78, 5) is 11.8. The second-order valence-electron chi connectivity index (χ2n) is 9.21. The number of fused-ring (bicyclic) bond motifs is 1. The minimum Gasteiger partial charge on any atom is -0.449 e. The van der Waals surface area contributed by atoms with E-state index in [1.165, 1.54) is 6.92 Å². The zero-order valence-electron chi connectivity index (χ0n) is 19.4. The maximum atomic E-state index is 13.3. The number of carbonyl (C=O) groups is 1. The molecule has 0 bridgehead atoms. The molecule has 2 heterocycles. The standard InChI is InChI=1S/C25H26F6N2O3/c1-15(16-11-18(24(26,27)28)13-19(12-16)25(29,30)31)36-14-23(17-5-3-2-4-6-17)9-7-20-21(33-23)8-10-35-22(34)32-20/h2-6,11-13,15,20-21,33H,7-10,14H2,1H3,(H,32,34)/t15-,20?,21?,23?/m1/s1. The molecule has 0 aromatic heterocycles. The van der Waals surface area contributed by atoms with Crippen molar-refractivity contribution in [3.63, 3.8) is 0 Å². The molecular weight excluding hydrogens is 490 g/mol. The van der Waals surface area contributed by atoms with Crippen molar-refractivity contribution in [3.8, 4) is 0 Å². The smallest absolute Gasteiger partial charge is 0.416 e. The largest absolute Gasteiger partial charge is 0.449 e. The first-order valence-electron chi connectivity index (χ1n) is 11.5. The second kappa shape index (κ2) is 9.93. The molecule has 2 fully saturated rings. The maximum Gasteiger partial charge on any atom is 0.416 e. The Labute approximate surface area is 204 Å². The lowest BCUT2D eigenvalue weighted by atomic mass is 9.78. The number of piperidine rings is 1. The average molecular weight is 516 g/mol. The third-order valence-corrected chi connectivity index (χ3v) is 6.78. The van der Waals surface area contributed by atoms with E-state index in [0.717, 1.165) is 5.56 Å². The molecule has 0 radical (unpaired) electrons. The van der Waals surface area contributed by atoms with Crippen LogP contribution in [0.3, 0.4) is 0 Å². The molecule has 196 valence electrons. The summed E-state index contributed by atoms with van der Waals surface area (Å²) in [5.41, 5.74) is -2.88. The Kier molecular flexibility index (Phi) is 7.25. The molecule has 5 nitrogen and oxygen atoms in total. The fourth-order valence-corrected chi connectivity index (χ4v) is 4.81. The van der Waals surface area contributed by atoms with E-state index >= 15 is 0 Å². The normalized spacial score (nSPS) is 25.8. The third kappa shape index (κ3) is 5.78. The molecule has 3 unspecified atom stereocenters. The quantitative estimate of drug-likeness (QED) is 0.483. The number of ether oxygens (including phenoxy) is 2. The Bertz CT molecular complexity index is 1040. The van der Waals surface area contributed by atoms with E-state index in [2.05, 4.69) is 10.6 Å². The second-order valence-corrected chi connectivity index (χ2v) is 9.21. The van der Waals surface area contributed by atoms with Crippen molar-refractivity contribution in [3.05, 3.63) is 70.8 Å². The molecule has 2 aliphatic rings. The lowest BCUT2D eigenvalue weighted by Crippen LogP contribution is -2.62. The molecule has 36 heavy (non-hydrogen) atoms. The predicted molar refractivity (Wildman–Crippen MR) is 118 cm³/mol. The van der Waals surface area contributed by atoms with Crippen LogP contribution in [0.5, 0.6) is 0 Å². The highest BCUT2D eigenvalue weighted by Crippen LogP contribution is 2.39. The highest BCUT2D eigenvalue weighted by molar-refractivity contribution is 5.68. The number of nitrogens with one attached hydrogen (secondary N) is 2. The first-order chi connectivity index (χ1) is 16.9. The predicted octanol–water partition coefficient (Wildman–Crippen LogP) is 5.95. The summed E-state index contributed by atoms with van der Waals surface area (Å²) >= 11 is 0. The number of halogens is 6.